The van der Waals surface area contributed by atoms with Crippen LogP contribution in [0, 0.1) is 6.92 Å². The molecule has 0 spiro atoms. The van der Waals surface area contributed by atoms with E-state index in [1.165, 1.54) is 14.2 Å². The molecule has 1 aromatic heterocycles. The molecule has 7 nitrogen and oxygen atoms in total. The number of carbonyl (C=O) groups excluding carboxylic acids is 2. The highest BCUT2D eigenvalue weighted by atomic mass is 16.5. The molecule has 0 aliphatic carbocycles. The van der Waals surface area contributed by atoms with Crippen molar-refractivity contribution >= 4 is 17.5 Å². The van der Waals surface area contributed by atoms with Gasteiger partial charge >= 0.3 is 0 Å². The Hall–Kier alpha value is -2.96. The average Bonchev–Trinajstić information content (AvgIpc) is 2.99. The molecule has 0 unspecified atom stereocenters. The van der Waals surface area contributed by atoms with Gasteiger partial charge in [0.2, 0.25) is 5.91 Å². The summed E-state index contributed by atoms with van der Waals surface area (Å²) in [5.41, 5.74) is 0.458. The van der Waals surface area contributed by atoms with Gasteiger partial charge in [-0.25, -0.2) is 0 Å². The van der Waals surface area contributed by atoms with Crippen molar-refractivity contribution in [1.82, 2.24) is 5.32 Å². The lowest BCUT2D eigenvalue weighted by Crippen LogP contribution is -2.32. The van der Waals surface area contributed by atoms with Crippen LogP contribution in [-0.2, 0) is 4.79 Å². The molecule has 2 rings (SSSR count). The summed E-state index contributed by atoms with van der Waals surface area (Å²) in [6, 6.07) is 8.26. The fraction of sp³-hybridized carbons (Fsp3) is 0.250. The summed E-state index contributed by atoms with van der Waals surface area (Å²) in [6.07, 6.45) is 0. The molecule has 23 heavy (non-hydrogen) atoms. The van der Waals surface area contributed by atoms with Gasteiger partial charge in [-0.05, 0) is 31.2 Å². The summed E-state index contributed by atoms with van der Waals surface area (Å²) in [5, 5.41) is 5.14. The van der Waals surface area contributed by atoms with Crippen molar-refractivity contribution in [2.45, 2.75) is 6.92 Å². The number of furan rings is 1. The van der Waals surface area contributed by atoms with E-state index in [9.17, 15) is 9.59 Å². The van der Waals surface area contributed by atoms with E-state index in [1.54, 1.807) is 37.3 Å². The van der Waals surface area contributed by atoms with E-state index in [1.807, 2.05) is 0 Å². The van der Waals surface area contributed by atoms with Crippen molar-refractivity contribution in [1.29, 1.82) is 0 Å². The second-order valence-corrected chi connectivity index (χ2v) is 4.71. The largest absolute Gasteiger partial charge is 0.497 e. The molecule has 0 saturated carbocycles. The number of ether oxygens (including phenoxy) is 2. The number of benzene rings is 1. The Kier molecular flexibility index (Phi) is 5.24. The summed E-state index contributed by atoms with van der Waals surface area (Å²) in [7, 11) is 3.03. The van der Waals surface area contributed by atoms with Crippen molar-refractivity contribution in [3.05, 3.63) is 41.9 Å². The molecule has 2 amide bonds. The molecule has 2 aromatic rings. The second-order valence-electron chi connectivity index (χ2n) is 4.71. The number of anilines is 1. The summed E-state index contributed by atoms with van der Waals surface area (Å²) < 4.78 is 15.5. The lowest BCUT2D eigenvalue weighted by molar-refractivity contribution is -0.115. The summed E-state index contributed by atoms with van der Waals surface area (Å²) >= 11 is 0. The minimum Gasteiger partial charge on any atom is -0.497 e. The van der Waals surface area contributed by atoms with Gasteiger partial charge in [-0.1, -0.05) is 0 Å². The first-order chi connectivity index (χ1) is 11.0. The van der Waals surface area contributed by atoms with E-state index >= 15 is 0 Å². The molecule has 0 fully saturated rings. The molecule has 0 radical (unpaired) electrons. The van der Waals surface area contributed by atoms with E-state index in [-0.39, 0.29) is 12.3 Å². The number of rotatable bonds is 6. The number of aryl methyl sites for hydroxylation is 1. The van der Waals surface area contributed by atoms with Crippen LogP contribution in [0.1, 0.15) is 16.3 Å². The highest BCUT2D eigenvalue weighted by Gasteiger charge is 2.13. The van der Waals surface area contributed by atoms with Crippen molar-refractivity contribution in [3.63, 3.8) is 0 Å². The SMILES string of the molecule is COc1ccc(OC)c(NC(=O)CNC(=O)c2ccc(C)o2)c1. The minimum atomic E-state index is -0.453. The molecule has 122 valence electrons. The third kappa shape index (κ3) is 4.26. The quantitative estimate of drug-likeness (QED) is 0.850. The second kappa shape index (κ2) is 7.35. The van der Waals surface area contributed by atoms with Gasteiger partial charge < -0.3 is 24.5 Å². The van der Waals surface area contributed by atoms with Gasteiger partial charge in [0.1, 0.15) is 17.3 Å². The molecule has 1 aromatic carbocycles. The number of amides is 2. The molecule has 2 N–H and O–H groups in total. The average molecular weight is 318 g/mol. The Labute approximate surface area is 133 Å². The van der Waals surface area contributed by atoms with Crippen LogP contribution in [-0.4, -0.2) is 32.6 Å². The van der Waals surface area contributed by atoms with Crippen LogP contribution in [0.5, 0.6) is 11.5 Å². The molecule has 0 aliphatic heterocycles. The standard InChI is InChI=1S/C16H18N2O5/c1-10-4-6-14(23-10)16(20)17-9-15(19)18-12-8-11(21-2)5-7-13(12)22-3/h4-8H,9H2,1-3H3,(H,17,20)(H,18,19). The maximum atomic E-state index is 12.0. The zero-order valence-corrected chi connectivity index (χ0v) is 13.1. The van der Waals surface area contributed by atoms with Crippen LogP contribution in [0.15, 0.2) is 34.7 Å². The van der Waals surface area contributed by atoms with Gasteiger partial charge in [0, 0.05) is 6.07 Å². The summed E-state index contributed by atoms with van der Waals surface area (Å²) in [6.45, 7) is 1.54. The predicted octanol–water partition coefficient (Wildman–Crippen LogP) is 1.97. The fourth-order valence-electron chi connectivity index (χ4n) is 1.91. The molecular weight excluding hydrogens is 300 g/mol. The monoisotopic (exact) mass is 318 g/mol. The first kappa shape index (κ1) is 16.4. The highest BCUT2D eigenvalue weighted by molar-refractivity contribution is 5.98. The first-order valence-electron chi connectivity index (χ1n) is 6.90. The predicted molar refractivity (Wildman–Crippen MR) is 84.0 cm³/mol. The van der Waals surface area contributed by atoms with Gasteiger partial charge in [0.25, 0.3) is 5.91 Å². The lowest BCUT2D eigenvalue weighted by atomic mass is 10.2. The molecule has 0 bridgehead atoms. The smallest absolute Gasteiger partial charge is 0.287 e. The van der Waals surface area contributed by atoms with Crippen molar-refractivity contribution < 1.29 is 23.5 Å². The Bertz CT molecular complexity index is 708. The third-order valence-corrected chi connectivity index (χ3v) is 3.05. The number of methoxy groups -OCH3 is 2. The third-order valence-electron chi connectivity index (χ3n) is 3.05. The first-order valence-corrected chi connectivity index (χ1v) is 6.90. The number of nitrogens with one attached hydrogen (secondary N) is 2. The maximum absolute atomic E-state index is 12.0. The molecule has 0 saturated heterocycles. The molecular formula is C16H18N2O5. The van der Waals surface area contributed by atoms with Crippen molar-refractivity contribution in [3.8, 4) is 11.5 Å². The van der Waals surface area contributed by atoms with Crippen molar-refractivity contribution in [2.75, 3.05) is 26.1 Å². The number of hydrogen-bond acceptors (Lipinski definition) is 5. The highest BCUT2D eigenvalue weighted by Crippen LogP contribution is 2.28. The fourth-order valence-corrected chi connectivity index (χ4v) is 1.91. The Balaban J connectivity index is 1.95. The minimum absolute atomic E-state index is 0.161. The van der Waals surface area contributed by atoms with E-state index in [0.717, 1.165) is 0 Å². The molecule has 0 aliphatic rings. The Morgan fingerprint density at radius 2 is 1.91 bits per heavy atom. The maximum Gasteiger partial charge on any atom is 0.287 e. The zero-order chi connectivity index (χ0) is 16.8. The van der Waals surface area contributed by atoms with Crippen LogP contribution in [0.25, 0.3) is 0 Å². The van der Waals surface area contributed by atoms with Crippen LogP contribution in [0.2, 0.25) is 0 Å². The molecule has 7 heteroatoms. The van der Waals surface area contributed by atoms with Crippen LogP contribution >= 0.6 is 0 Å². The summed E-state index contributed by atoms with van der Waals surface area (Å²) in [5.74, 6) is 1.01. The van der Waals surface area contributed by atoms with Gasteiger partial charge in [-0.3, -0.25) is 9.59 Å². The van der Waals surface area contributed by atoms with Crippen molar-refractivity contribution in [2.24, 2.45) is 0 Å². The number of hydrogen-bond donors (Lipinski definition) is 2. The molecule has 0 atom stereocenters. The van der Waals surface area contributed by atoms with Gasteiger partial charge in [-0.2, -0.15) is 0 Å². The molecule has 1 heterocycles. The van der Waals surface area contributed by atoms with E-state index in [0.29, 0.717) is 22.9 Å². The van der Waals surface area contributed by atoms with Gasteiger partial charge in [0.15, 0.2) is 5.76 Å². The normalized spacial score (nSPS) is 10.0. The van der Waals surface area contributed by atoms with Crippen LogP contribution < -0.4 is 20.1 Å². The topological polar surface area (TPSA) is 89.8 Å². The van der Waals surface area contributed by atoms with E-state index in [4.69, 9.17) is 13.9 Å². The van der Waals surface area contributed by atoms with Gasteiger partial charge in [0.05, 0.1) is 26.5 Å². The Morgan fingerprint density at radius 3 is 2.52 bits per heavy atom. The Morgan fingerprint density at radius 1 is 1.13 bits per heavy atom. The summed E-state index contributed by atoms with van der Waals surface area (Å²) in [4.78, 5) is 23.8. The van der Waals surface area contributed by atoms with Gasteiger partial charge in [-0.15, -0.1) is 0 Å². The van der Waals surface area contributed by atoms with Crippen LogP contribution in [0.4, 0.5) is 5.69 Å². The zero-order valence-electron chi connectivity index (χ0n) is 13.1. The lowest BCUT2D eigenvalue weighted by Gasteiger charge is -2.12. The van der Waals surface area contributed by atoms with E-state index in [2.05, 4.69) is 10.6 Å². The van der Waals surface area contributed by atoms with Crippen LogP contribution in [0.3, 0.4) is 0 Å². The number of carbonyl (C=O) groups is 2. The van der Waals surface area contributed by atoms with E-state index < -0.39 is 11.8 Å².